The van der Waals surface area contributed by atoms with Gasteiger partial charge in [0.1, 0.15) is 11.9 Å². The van der Waals surface area contributed by atoms with Gasteiger partial charge in [-0.3, -0.25) is 0 Å². The summed E-state index contributed by atoms with van der Waals surface area (Å²) in [4.78, 5) is 0. The Labute approximate surface area is 109 Å². The van der Waals surface area contributed by atoms with Crippen molar-refractivity contribution < 1.29 is 17.9 Å². The average molecular weight is 270 g/mol. The summed E-state index contributed by atoms with van der Waals surface area (Å²) in [7, 11) is 0. The standard InChI is InChI=1S/C14H15F3NO/c15-14(16,17)9-1-5-12(6-2-9)19-13-7-10-3-4-11(8-13)18-10/h1-2,5-6,10,13,18H,3-4,7-8H2. The van der Waals surface area contributed by atoms with E-state index in [1.165, 1.54) is 18.2 Å². The molecule has 2 fully saturated rings. The highest BCUT2D eigenvalue weighted by atomic mass is 19.4. The summed E-state index contributed by atoms with van der Waals surface area (Å²) in [6.07, 6.45) is -0.190. The molecular formula is C14H15F3NO. The van der Waals surface area contributed by atoms with E-state index in [9.17, 15) is 13.2 Å². The minimum Gasteiger partial charge on any atom is -0.490 e. The van der Waals surface area contributed by atoms with Crippen LogP contribution in [0, 0.1) is 6.04 Å². The Morgan fingerprint density at radius 2 is 1.89 bits per heavy atom. The van der Waals surface area contributed by atoms with E-state index in [-0.39, 0.29) is 6.10 Å². The normalized spacial score (nSPS) is 27.5. The molecule has 2 atom stereocenters. The maximum Gasteiger partial charge on any atom is 0.416 e. The molecule has 1 aromatic rings. The van der Waals surface area contributed by atoms with Crippen molar-refractivity contribution in [3.63, 3.8) is 0 Å². The van der Waals surface area contributed by atoms with Crippen molar-refractivity contribution in [1.82, 2.24) is 5.32 Å². The number of rotatable bonds is 2. The van der Waals surface area contributed by atoms with Gasteiger partial charge in [-0.05, 0) is 43.5 Å². The van der Waals surface area contributed by atoms with Crippen LogP contribution < -0.4 is 10.1 Å². The third kappa shape index (κ3) is 2.86. The van der Waals surface area contributed by atoms with E-state index in [4.69, 9.17) is 4.74 Å². The number of hydrogen-bond acceptors (Lipinski definition) is 2. The minimum atomic E-state index is -4.29. The van der Waals surface area contributed by atoms with Crippen molar-refractivity contribution in [3.05, 3.63) is 35.9 Å². The van der Waals surface area contributed by atoms with Crippen molar-refractivity contribution in [2.24, 2.45) is 0 Å². The van der Waals surface area contributed by atoms with Gasteiger partial charge >= 0.3 is 6.18 Å². The summed E-state index contributed by atoms with van der Waals surface area (Å²) < 4.78 is 43.1. The lowest BCUT2D eigenvalue weighted by Crippen LogP contribution is -2.38. The van der Waals surface area contributed by atoms with Crippen molar-refractivity contribution >= 4 is 0 Å². The van der Waals surface area contributed by atoms with Crippen LogP contribution >= 0.6 is 0 Å². The first kappa shape index (κ1) is 12.8. The molecule has 2 nitrogen and oxygen atoms in total. The number of benzene rings is 1. The quantitative estimate of drug-likeness (QED) is 0.887. The van der Waals surface area contributed by atoms with Gasteiger partial charge in [-0.2, -0.15) is 13.2 Å². The Morgan fingerprint density at radius 1 is 1.16 bits per heavy atom. The molecule has 103 valence electrons. The molecule has 1 radical (unpaired) electrons. The van der Waals surface area contributed by atoms with Crippen molar-refractivity contribution in [1.29, 1.82) is 0 Å². The molecule has 2 aliphatic heterocycles. The lowest BCUT2D eigenvalue weighted by molar-refractivity contribution is -0.137. The van der Waals surface area contributed by atoms with Gasteiger partial charge in [0.15, 0.2) is 0 Å². The first-order chi connectivity index (χ1) is 9.00. The average Bonchev–Trinajstić information content (AvgIpc) is 2.68. The molecule has 2 heterocycles. The summed E-state index contributed by atoms with van der Waals surface area (Å²) in [6, 6.07) is 6.72. The Morgan fingerprint density at radius 3 is 2.53 bits per heavy atom. The predicted octanol–water partition coefficient (Wildman–Crippen LogP) is 3.53. The van der Waals surface area contributed by atoms with Gasteiger partial charge in [0.25, 0.3) is 0 Å². The smallest absolute Gasteiger partial charge is 0.416 e. The fraction of sp³-hybridized carbons (Fsp3) is 0.500. The first-order valence-electron chi connectivity index (χ1n) is 6.46. The Balaban J connectivity index is 1.64. The van der Waals surface area contributed by atoms with Gasteiger partial charge in [-0.1, -0.05) is 0 Å². The van der Waals surface area contributed by atoms with E-state index >= 15 is 0 Å². The third-order valence-electron chi connectivity index (χ3n) is 3.71. The number of piperidine rings is 1. The number of hydrogen-bond donors (Lipinski definition) is 1. The van der Waals surface area contributed by atoms with Crippen LogP contribution in [0.5, 0.6) is 5.75 Å². The van der Waals surface area contributed by atoms with E-state index in [2.05, 4.69) is 5.32 Å². The highest BCUT2D eigenvalue weighted by Crippen LogP contribution is 2.35. The van der Waals surface area contributed by atoms with Gasteiger partial charge in [-0.25, -0.2) is 0 Å². The van der Waals surface area contributed by atoms with Crippen LogP contribution in [0.3, 0.4) is 0 Å². The second-order valence-corrected chi connectivity index (χ2v) is 5.19. The van der Waals surface area contributed by atoms with Crippen LogP contribution in [0.2, 0.25) is 0 Å². The predicted molar refractivity (Wildman–Crippen MR) is 64.5 cm³/mol. The highest BCUT2D eigenvalue weighted by molar-refractivity contribution is 5.29. The number of halogens is 3. The second-order valence-electron chi connectivity index (χ2n) is 5.19. The van der Waals surface area contributed by atoms with Crippen molar-refractivity contribution in [2.45, 2.75) is 44.0 Å². The largest absolute Gasteiger partial charge is 0.490 e. The summed E-state index contributed by atoms with van der Waals surface area (Å²) in [6.45, 7) is 0. The number of ether oxygens (including phenoxy) is 1. The molecule has 2 unspecified atom stereocenters. The van der Waals surface area contributed by atoms with E-state index in [1.54, 1.807) is 0 Å². The lowest BCUT2D eigenvalue weighted by Gasteiger charge is -2.29. The van der Waals surface area contributed by atoms with E-state index in [0.717, 1.165) is 37.8 Å². The molecule has 2 saturated heterocycles. The molecule has 2 aliphatic rings. The van der Waals surface area contributed by atoms with Crippen LogP contribution in [-0.2, 0) is 6.18 Å². The summed E-state index contributed by atoms with van der Waals surface area (Å²) >= 11 is 0. The molecule has 0 aliphatic carbocycles. The number of nitrogens with one attached hydrogen (secondary N) is 1. The summed E-state index contributed by atoms with van der Waals surface area (Å²) in [5.74, 6) is 0.514. The van der Waals surface area contributed by atoms with Crippen molar-refractivity contribution in [3.8, 4) is 5.75 Å². The van der Waals surface area contributed by atoms with Crippen LogP contribution in [0.1, 0.15) is 31.2 Å². The molecule has 0 aromatic heterocycles. The van der Waals surface area contributed by atoms with Gasteiger partial charge in [0, 0.05) is 18.5 Å². The van der Waals surface area contributed by atoms with E-state index in [0.29, 0.717) is 11.8 Å². The fourth-order valence-electron chi connectivity index (χ4n) is 2.80. The van der Waals surface area contributed by atoms with Crippen LogP contribution in [-0.4, -0.2) is 12.1 Å². The topological polar surface area (TPSA) is 21.3 Å². The maximum absolute atomic E-state index is 12.4. The van der Waals surface area contributed by atoms with Crippen LogP contribution in [0.4, 0.5) is 13.2 Å². The SMILES string of the molecule is FC(F)(F)c1ccc(OC2C[C]3CCC(C2)N3)cc1. The van der Waals surface area contributed by atoms with Gasteiger partial charge < -0.3 is 10.1 Å². The zero-order chi connectivity index (χ0) is 13.5. The monoisotopic (exact) mass is 270 g/mol. The summed E-state index contributed by atoms with van der Waals surface area (Å²) in [5.41, 5.74) is -0.639. The van der Waals surface area contributed by atoms with Crippen LogP contribution in [0.15, 0.2) is 24.3 Å². The highest BCUT2D eigenvalue weighted by Gasteiger charge is 2.35. The Kier molecular flexibility index (Phi) is 3.17. The molecule has 0 saturated carbocycles. The maximum atomic E-state index is 12.4. The minimum absolute atomic E-state index is 0.0838. The molecule has 2 bridgehead atoms. The molecule has 1 aromatic carbocycles. The molecule has 19 heavy (non-hydrogen) atoms. The molecule has 0 amide bonds. The Hall–Kier alpha value is -1.23. The zero-order valence-corrected chi connectivity index (χ0v) is 10.3. The second kappa shape index (κ2) is 4.71. The van der Waals surface area contributed by atoms with E-state index < -0.39 is 11.7 Å². The molecule has 3 rings (SSSR count). The fourth-order valence-corrected chi connectivity index (χ4v) is 2.80. The third-order valence-corrected chi connectivity index (χ3v) is 3.71. The summed E-state index contributed by atoms with van der Waals surface area (Å²) in [5, 5.41) is 3.42. The van der Waals surface area contributed by atoms with Gasteiger partial charge in [-0.15, -0.1) is 0 Å². The zero-order valence-electron chi connectivity index (χ0n) is 10.3. The van der Waals surface area contributed by atoms with Crippen LogP contribution in [0.25, 0.3) is 0 Å². The first-order valence-corrected chi connectivity index (χ1v) is 6.46. The lowest BCUT2D eigenvalue weighted by atomic mass is 10.0. The molecule has 1 N–H and O–H groups in total. The van der Waals surface area contributed by atoms with Gasteiger partial charge in [0.05, 0.1) is 5.56 Å². The van der Waals surface area contributed by atoms with E-state index in [1.807, 2.05) is 0 Å². The Bertz CT molecular complexity index is 431. The van der Waals surface area contributed by atoms with Crippen molar-refractivity contribution in [2.75, 3.05) is 0 Å². The molecular weight excluding hydrogens is 255 g/mol. The number of fused-ring (bicyclic) bond motifs is 2. The molecule has 0 spiro atoms. The number of alkyl halides is 3. The molecule has 5 heteroatoms. The van der Waals surface area contributed by atoms with Gasteiger partial charge in [0.2, 0.25) is 0 Å².